The smallest absolute Gasteiger partial charge is 0.306 e. The molecule has 0 aliphatic heterocycles. The molecule has 1 aromatic carbocycles. The first kappa shape index (κ1) is 18.0. The first-order valence-corrected chi connectivity index (χ1v) is 9.67. The fraction of sp³-hybridized carbons (Fsp3) is 0.368. The molecular formula is C19H20ClNO3S. The van der Waals surface area contributed by atoms with Crippen LogP contribution in [0.15, 0.2) is 41.1 Å². The number of rotatable bonds is 5. The molecule has 1 heterocycles. The van der Waals surface area contributed by atoms with Crippen molar-refractivity contribution in [2.24, 2.45) is 11.8 Å². The van der Waals surface area contributed by atoms with Crippen LogP contribution in [0.1, 0.15) is 42.9 Å². The van der Waals surface area contributed by atoms with Gasteiger partial charge in [0.2, 0.25) is 5.91 Å². The molecule has 3 rings (SSSR count). The average Bonchev–Trinajstić information content (AvgIpc) is 3.15. The van der Waals surface area contributed by atoms with Crippen LogP contribution in [0.4, 0.5) is 0 Å². The molecule has 6 heteroatoms. The summed E-state index contributed by atoms with van der Waals surface area (Å²) >= 11 is 7.55. The third kappa shape index (κ3) is 4.41. The van der Waals surface area contributed by atoms with E-state index in [1.165, 1.54) is 0 Å². The summed E-state index contributed by atoms with van der Waals surface area (Å²) in [5, 5.41) is 17.0. The monoisotopic (exact) mass is 377 g/mol. The van der Waals surface area contributed by atoms with Gasteiger partial charge in [-0.15, -0.1) is 0 Å². The van der Waals surface area contributed by atoms with Crippen molar-refractivity contribution in [2.45, 2.75) is 31.7 Å². The van der Waals surface area contributed by atoms with Crippen molar-refractivity contribution in [2.75, 3.05) is 0 Å². The minimum absolute atomic E-state index is 0.0721. The number of hydrogen-bond acceptors (Lipinski definition) is 3. The Morgan fingerprint density at radius 1 is 1.12 bits per heavy atom. The summed E-state index contributed by atoms with van der Waals surface area (Å²) < 4.78 is 0. The molecule has 3 atom stereocenters. The Kier molecular flexibility index (Phi) is 5.76. The highest BCUT2D eigenvalue weighted by atomic mass is 35.5. The van der Waals surface area contributed by atoms with Gasteiger partial charge in [0.15, 0.2) is 0 Å². The molecule has 3 unspecified atom stereocenters. The van der Waals surface area contributed by atoms with Crippen LogP contribution in [-0.4, -0.2) is 17.0 Å². The topological polar surface area (TPSA) is 66.4 Å². The van der Waals surface area contributed by atoms with Gasteiger partial charge in [-0.25, -0.2) is 0 Å². The number of hydrogen-bond donors (Lipinski definition) is 2. The Bertz CT molecular complexity index is 730. The molecule has 25 heavy (non-hydrogen) atoms. The van der Waals surface area contributed by atoms with Gasteiger partial charge in [0.1, 0.15) is 0 Å². The van der Waals surface area contributed by atoms with Crippen molar-refractivity contribution >= 4 is 34.8 Å². The van der Waals surface area contributed by atoms with Gasteiger partial charge < -0.3 is 10.4 Å². The van der Waals surface area contributed by atoms with E-state index in [9.17, 15) is 14.7 Å². The van der Waals surface area contributed by atoms with Crippen molar-refractivity contribution in [3.05, 3.63) is 57.2 Å². The lowest BCUT2D eigenvalue weighted by molar-refractivity contribution is -0.144. The molecule has 0 saturated heterocycles. The van der Waals surface area contributed by atoms with Gasteiger partial charge in [0.05, 0.1) is 12.0 Å². The Labute approximate surface area is 155 Å². The highest BCUT2D eigenvalue weighted by molar-refractivity contribution is 7.08. The zero-order valence-electron chi connectivity index (χ0n) is 13.7. The Hall–Kier alpha value is -1.85. The minimum Gasteiger partial charge on any atom is -0.481 e. The maximum Gasteiger partial charge on any atom is 0.306 e. The van der Waals surface area contributed by atoms with E-state index in [4.69, 9.17) is 11.6 Å². The van der Waals surface area contributed by atoms with Crippen molar-refractivity contribution in [3.63, 3.8) is 0 Å². The van der Waals surface area contributed by atoms with Crippen LogP contribution in [-0.2, 0) is 9.59 Å². The summed E-state index contributed by atoms with van der Waals surface area (Å²) in [4.78, 5) is 24.0. The van der Waals surface area contributed by atoms with Gasteiger partial charge in [-0.1, -0.05) is 30.2 Å². The lowest BCUT2D eigenvalue weighted by atomic mass is 9.81. The summed E-state index contributed by atoms with van der Waals surface area (Å²) in [6.07, 6.45) is 2.59. The number of benzene rings is 1. The van der Waals surface area contributed by atoms with Crippen LogP contribution in [0.2, 0.25) is 5.02 Å². The van der Waals surface area contributed by atoms with E-state index < -0.39 is 11.9 Å². The number of nitrogens with one attached hydrogen (secondary N) is 1. The Morgan fingerprint density at radius 3 is 2.48 bits per heavy atom. The number of carbonyl (C=O) groups excluding carboxylic acids is 1. The molecule has 1 aliphatic carbocycles. The zero-order valence-corrected chi connectivity index (χ0v) is 15.2. The number of carbonyl (C=O) groups is 2. The molecule has 2 N–H and O–H groups in total. The molecule has 0 bridgehead atoms. The van der Waals surface area contributed by atoms with E-state index in [1.807, 2.05) is 41.1 Å². The first-order valence-electron chi connectivity index (χ1n) is 8.35. The highest BCUT2D eigenvalue weighted by Crippen LogP contribution is 2.31. The number of carboxylic acids is 1. The Balaban J connectivity index is 1.77. The number of carboxylic acid groups (broad SMARTS) is 1. The van der Waals surface area contributed by atoms with E-state index in [0.29, 0.717) is 17.9 Å². The predicted octanol–water partition coefficient (Wildman–Crippen LogP) is 4.50. The Morgan fingerprint density at radius 2 is 1.84 bits per heavy atom. The first-order chi connectivity index (χ1) is 12.0. The molecule has 1 aromatic heterocycles. The van der Waals surface area contributed by atoms with E-state index in [-0.39, 0.29) is 17.9 Å². The number of halogens is 1. The second-order valence-corrected chi connectivity index (χ2v) is 7.66. The summed E-state index contributed by atoms with van der Waals surface area (Å²) in [6, 6.07) is 9.18. The van der Waals surface area contributed by atoms with Crippen molar-refractivity contribution in [3.8, 4) is 0 Å². The quantitative estimate of drug-likeness (QED) is 0.806. The largest absolute Gasteiger partial charge is 0.481 e. The molecule has 0 radical (unpaired) electrons. The van der Waals surface area contributed by atoms with E-state index in [2.05, 4.69) is 5.32 Å². The molecule has 1 amide bonds. The van der Waals surface area contributed by atoms with E-state index >= 15 is 0 Å². The number of aliphatic carboxylic acids is 1. The SMILES string of the molecule is O=C(O)C1CCCC(C(=O)NC(c2ccc(Cl)cc2)c2ccsc2)C1. The van der Waals surface area contributed by atoms with Crippen LogP contribution in [0.5, 0.6) is 0 Å². The molecule has 132 valence electrons. The maximum atomic E-state index is 12.8. The average molecular weight is 378 g/mol. The van der Waals surface area contributed by atoms with Crippen LogP contribution < -0.4 is 5.32 Å². The molecule has 1 fully saturated rings. The highest BCUT2D eigenvalue weighted by Gasteiger charge is 2.32. The third-order valence-electron chi connectivity index (χ3n) is 4.76. The summed E-state index contributed by atoms with van der Waals surface area (Å²) in [5.41, 5.74) is 1.98. The van der Waals surface area contributed by atoms with Gasteiger partial charge in [-0.3, -0.25) is 9.59 Å². The van der Waals surface area contributed by atoms with Gasteiger partial charge >= 0.3 is 5.97 Å². The number of amides is 1. The van der Waals surface area contributed by atoms with Crippen LogP contribution >= 0.6 is 22.9 Å². The minimum atomic E-state index is -0.801. The lowest BCUT2D eigenvalue weighted by Gasteiger charge is -2.28. The standard InChI is InChI=1S/C19H20ClNO3S/c20-16-6-4-12(5-7-16)17(15-8-9-25-11-15)21-18(22)13-2-1-3-14(10-13)19(23)24/h4-9,11,13-14,17H,1-3,10H2,(H,21,22)(H,23,24). The molecule has 2 aromatic rings. The molecule has 0 spiro atoms. The van der Waals surface area contributed by atoms with Crippen molar-refractivity contribution in [1.29, 1.82) is 0 Å². The second-order valence-electron chi connectivity index (χ2n) is 6.45. The van der Waals surface area contributed by atoms with Crippen LogP contribution in [0, 0.1) is 11.8 Å². The number of thiophene rings is 1. The normalized spacial score (nSPS) is 21.5. The third-order valence-corrected chi connectivity index (χ3v) is 5.71. The summed E-state index contributed by atoms with van der Waals surface area (Å²) in [5.74, 6) is -1.54. The van der Waals surface area contributed by atoms with Gasteiger partial charge in [0, 0.05) is 10.9 Å². The van der Waals surface area contributed by atoms with Gasteiger partial charge in [-0.2, -0.15) is 11.3 Å². The van der Waals surface area contributed by atoms with Crippen LogP contribution in [0.25, 0.3) is 0 Å². The lowest BCUT2D eigenvalue weighted by Crippen LogP contribution is -2.37. The fourth-order valence-electron chi connectivity index (χ4n) is 3.37. The molecule has 1 saturated carbocycles. The maximum absolute atomic E-state index is 12.8. The summed E-state index contributed by atoms with van der Waals surface area (Å²) in [6.45, 7) is 0. The molecular weight excluding hydrogens is 358 g/mol. The molecule has 1 aliphatic rings. The van der Waals surface area contributed by atoms with Gasteiger partial charge in [0.25, 0.3) is 0 Å². The predicted molar refractivity (Wildman–Crippen MR) is 98.8 cm³/mol. The summed E-state index contributed by atoms with van der Waals surface area (Å²) in [7, 11) is 0. The second kappa shape index (κ2) is 8.02. The van der Waals surface area contributed by atoms with Crippen LogP contribution in [0.3, 0.4) is 0 Å². The van der Waals surface area contributed by atoms with Crippen molar-refractivity contribution < 1.29 is 14.7 Å². The van der Waals surface area contributed by atoms with Gasteiger partial charge in [-0.05, 0) is 59.3 Å². The fourth-order valence-corrected chi connectivity index (χ4v) is 4.18. The van der Waals surface area contributed by atoms with E-state index in [0.717, 1.165) is 24.0 Å². The zero-order chi connectivity index (χ0) is 17.8. The molecule has 4 nitrogen and oxygen atoms in total. The van der Waals surface area contributed by atoms with E-state index in [1.54, 1.807) is 11.3 Å². The van der Waals surface area contributed by atoms with Crippen molar-refractivity contribution in [1.82, 2.24) is 5.32 Å².